The Morgan fingerprint density at radius 3 is 1.37 bits per heavy atom. The molecule has 0 saturated carbocycles. The minimum Gasteiger partial charge on any atom is -0.481 e. The standard InChI is InChI=1S/C22H34O2.C22H32O2.C19H21N3O/c1-3-5-6-7-8-9-10-11-12-13-14-15-16-17-18-19-20-21-22(23)24-4-2;1-2-3-4-5-6-7-8-9-10-11-12-13-14-15-16-17-18-19-20-21-22(23)24;1-13-5-8-15(9-6-13)19-16(11-18(23)21(3)4)22-12-14(2)7-10-17(22)20-19/h5-6,8-9,11-12,14-15,17-18H,3-4,7,10,13,16,19-21H2,1-2H3;3-4,6-7,9-10,12-13,15-16,18-19H,2,5,8,11,14,17,20-21H2,1H3,(H,23,24);5-10,12H,11H2,1-4H3/b6-5-,9-8-,12-11-,15-14-,18-17-;4-3-,7-6-,10-9-,13-12-,16-15-,19-18-;. The molecule has 0 atom stereocenters. The molecule has 0 bridgehead atoms. The normalized spacial score (nSPS) is 12.2. The van der Waals surface area contributed by atoms with Crippen LogP contribution in [0.15, 0.2) is 176 Å². The van der Waals surface area contributed by atoms with E-state index in [4.69, 9.17) is 14.8 Å². The van der Waals surface area contributed by atoms with Gasteiger partial charge in [0.2, 0.25) is 5.91 Å². The van der Waals surface area contributed by atoms with E-state index in [0.29, 0.717) is 25.9 Å². The summed E-state index contributed by atoms with van der Waals surface area (Å²) in [5.41, 5.74) is 6.08. The second-order valence-corrected chi connectivity index (χ2v) is 16.9. The molecular weight excluding hydrogens is 879 g/mol. The highest BCUT2D eigenvalue weighted by Crippen LogP contribution is 2.26. The van der Waals surface area contributed by atoms with Gasteiger partial charge in [-0.1, -0.05) is 183 Å². The molecule has 3 rings (SSSR count). The van der Waals surface area contributed by atoms with Gasteiger partial charge in [-0.05, 0) is 122 Å². The number of likely N-dealkylation sites (N-methyl/N-ethyl adjacent to an activating group) is 1. The number of carbonyl (C=O) groups is 3. The third-order valence-corrected chi connectivity index (χ3v) is 10.3. The number of ether oxygens (including phenoxy) is 1. The number of aryl methyl sites for hydroxylation is 2. The van der Waals surface area contributed by atoms with E-state index in [9.17, 15) is 14.4 Å². The van der Waals surface area contributed by atoms with Crippen molar-refractivity contribution in [2.45, 2.75) is 144 Å². The highest BCUT2D eigenvalue weighted by molar-refractivity contribution is 5.81. The molecule has 0 radical (unpaired) electrons. The number of amides is 1. The average molecular weight is 966 g/mol. The second kappa shape index (κ2) is 43.5. The second-order valence-electron chi connectivity index (χ2n) is 16.9. The van der Waals surface area contributed by atoms with E-state index >= 15 is 0 Å². The van der Waals surface area contributed by atoms with Crippen molar-refractivity contribution in [3.05, 3.63) is 193 Å². The quantitative estimate of drug-likeness (QED) is 0.0392. The summed E-state index contributed by atoms with van der Waals surface area (Å²) in [6.07, 6.45) is 64.1. The van der Waals surface area contributed by atoms with Crippen molar-refractivity contribution in [1.29, 1.82) is 0 Å². The first kappa shape index (κ1) is 62.5. The topological polar surface area (TPSA) is 101 Å². The number of aromatic nitrogens is 2. The largest absolute Gasteiger partial charge is 0.481 e. The van der Waals surface area contributed by atoms with Gasteiger partial charge in [-0.3, -0.25) is 14.4 Å². The lowest BCUT2D eigenvalue weighted by Gasteiger charge is -2.11. The zero-order valence-electron chi connectivity index (χ0n) is 44.4. The predicted octanol–water partition coefficient (Wildman–Crippen LogP) is 16.3. The van der Waals surface area contributed by atoms with Crippen molar-refractivity contribution in [1.82, 2.24) is 14.3 Å². The number of aliphatic carboxylic acids is 1. The van der Waals surface area contributed by atoms with Crippen molar-refractivity contribution < 1.29 is 24.2 Å². The molecule has 1 N–H and O–H groups in total. The van der Waals surface area contributed by atoms with Gasteiger partial charge in [0.15, 0.2) is 0 Å². The molecular formula is C63H87N3O5. The molecule has 0 aliphatic heterocycles. The Kier molecular flexibility index (Phi) is 38.3. The Labute approximate surface area is 429 Å². The molecule has 0 spiro atoms. The maximum absolute atomic E-state index is 12.3. The molecule has 384 valence electrons. The maximum Gasteiger partial charge on any atom is 0.305 e. The molecule has 0 unspecified atom stereocenters. The number of carboxylic acids is 1. The summed E-state index contributed by atoms with van der Waals surface area (Å²) in [6, 6.07) is 12.3. The molecule has 3 aromatic rings. The van der Waals surface area contributed by atoms with Crippen LogP contribution in [-0.2, 0) is 25.5 Å². The van der Waals surface area contributed by atoms with Crippen molar-refractivity contribution in [3.63, 3.8) is 0 Å². The van der Waals surface area contributed by atoms with Crippen molar-refractivity contribution in [3.8, 4) is 11.3 Å². The Bertz CT molecular complexity index is 2240. The van der Waals surface area contributed by atoms with Gasteiger partial charge in [-0.2, -0.15) is 0 Å². The minimum atomic E-state index is -0.741. The maximum atomic E-state index is 12.3. The van der Waals surface area contributed by atoms with Gasteiger partial charge in [0.1, 0.15) is 5.65 Å². The fourth-order valence-corrected chi connectivity index (χ4v) is 6.42. The molecule has 8 heteroatoms. The number of benzene rings is 1. The number of hydrogen-bond donors (Lipinski definition) is 1. The lowest BCUT2D eigenvalue weighted by atomic mass is 10.1. The molecule has 1 aromatic carbocycles. The van der Waals surface area contributed by atoms with Gasteiger partial charge in [0, 0.05) is 38.7 Å². The highest BCUT2D eigenvalue weighted by atomic mass is 16.5. The predicted molar refractivity (Wildman–Crippen MR) is 303 cm³/mol. The number of unbranched alkanes of at least 4 members (excludes halogenated alkanes) is 1. The summed E-state index contributed by atoms with van der Waals surface area (Å²) in [5, 5.41) is 8.49. The number of nitrogens with zero attached hydrogens (tertiary/aromatic N) is 3. The fourth-order valence-electron chi connectivity index (χ4n) is 6.42. The number of pyridine rings is 1. The van der Waals surface area contributed by atoms with E-state index in [1.807, 2.05) is 48.7 Å². The third-order valence-electron chi connectivity index (χ3n) is 10.3. The number of hydrogen-bond acceptors (Lipinski definition) is 5. The van der Waals surface area contributed by atoms with E-state index in [0.717, 1.165) is 112 Å². The first-order valence-corrected chi connectivity index (χ1v) is 25.8. The van der Waals surface area contributed by atoms with Gasteiger partial charge in [-0.25, -0.2) is 4.98 Å². The number of allylic oxidation sites excluding steroid dienone is 22. The van der Waals surface area contributed by atoms with Crippen LogP contribution in [0.3, 0.4) is 0 Å². The Morgan fingerprint density at radius 1 is 0.549 bits per heavy atom. The number of imidazole rings is 1. The number of esters is 1. The average Bonchev–Trinajstić information content (AvgIpc) is 3.70. The van der Waals surface area contributed by atoms with Gasteiger partial charge < -0.3 is 19.1 Å². The summed E-state index contributed by atoms with van der Waals surface area (Å²) in [4.78, 5) is 40.1. The molecule has 8 nitrogen and oxygen atoms in total. The van der Waals surface area contributed by atoms with Crippen molar-refractivity contribution >= 4 is 23.5 Å². The summed E-state index contributed by atoms with van der Waals surface area (Å²) in [6.45, 7) is 10.7. The first-order valence-electron chi connectivity index (χ1n) is 25.8. The van der Waals surface area contributed by atoms with Crippen molar-refractivity contribution in [2.75, 3.05) is 20.7 Å². The third kappa shape index (κ3) is 34.4. The van der Waals surface area contributed by atoms with E-state index in [-0.39, 0.29) is 18.3 Å². The van der Waals surface area contributed by atoms with E-state index < -0.39 is 5.97 Å². The zero-order valence-corrected chi connectivity index (χ0v) is 44.4. The Morgan fingerprint density at radius 2 is 0.958 bits per heavy atom. The number of carboxylic acid groups (broad SMARTS) is 1. The molecule has 0 saturated heterocycles. The Hall–Kier alpha value is -6.54. The fraction of sp³-hybridized carbons (Fsp3) is 0.397. The summed E-state index contributed by atoms with van der Waals surface area (Å²) >= 11 is 0. The van der Waals surface area contributed by atoms with Crippen LogP contribution in [0.2, 0.25) is 0 Å². The van der Waals surface area contributed by atoms with Gasteiger partial charge in [0.25, 0.3) is 0 Å². The molecule has 0 fully saturated rings. The van der Waals surface area contributed by atoms with Crippen LogP contribution in [0, 0.1) is 13.8 Å². The summed E-state index contributed by atoms with van der Waals surface area (Å²) in [5.74, 6) is -0.763. The molecule has 1 amide bonds. The van der Waals surface area contributed by atoms with Crippen molar-refractivity contribution in [2.24, 2.45) is 0 Å². The first-order chi connectivity index (χ1) is 34.5. The van der Waals surface area contributed by atoms with E-state index in [1.54, 1.807) is 19.0 Å². The van der Waals surface area contributed by atoms with Crippen LogP contribution in [0.25, 0.3) is 16.9 Å². The lowest BCUT2D eigenvalue weighted by molar-refractivity contribution is -0.143. The summed E-state index contributed by atoms with van der Waals surface area (Å²) in [7, 11) is 3.56. The smallest absolute Gasteiger partial charge is 0.305 e. The molecule has 71 heavy (non-hydrogen) atoms. The number of rotatable bonds is 31. The van der Waals surface area contributed by atoms with Crippen LogP contribution in [0.1, 0.15) is 140 Å². The van der Waals surface area contributed by atoms with Crippen LogP contribution in [-0.4, -0.2) is 57.9 Å². The molecule has 0 aliphatic rings. The summed E-state index contributed by atoms with van der Waals surface area (Å²) < 4.78 is 6.92. The van der Waals surface area contributed by atoms with Crippen LogP contribution >= 0.6 is 0 Å². The Balaban J connectivity index is 0.000000532. The van der Waals surface area contributed by atoms with E-state index in [2.05, 4.69) is 167 Å². The number of carbonyl (C=O) groups excluding carboxylic acids is 2. The molecule has 2 aromatic heterocycles. The molecule has 0 aliphatic carbocycles. The lowest BCUT2D eigenvalue weighted by Crippen LogP contribution is -2.24. The minimum absolute atomic E-state index is 0.0710. The SMILES string of the molecule is CC/C=C\C/C=C\C/C=C\C/C=C\C/C=C\C/C=C\CCC(=O)O.CC/C=C\C/C=C\C/C=C\C/C=C\C/C=C\CCCC(=O)OCC.Cc1ccc(-c2nc3ccc(C)cn3c2CC(=O)N(C)C)cc1. The van der Waals surface area contributed by atoms with Gasteiger partial charge in [0.05, 0.1) is 24.4 Å². The zero-order chi connectivity index (χ0) is 52.0. The van der Waals surface area contributed by atoms with Gasteiger partial charge in [-0.15, -0.1) is 0 Å². The van der Waals surface area contributed by atoms with Crippen LogP contribution < -0.4 is 0 Å². The molecule has 2 heterocycles. The monoisotopic (exact) mass is 966 g/mol. The van der Waals surface area contributed by atoms with Crippen LogP contribution in [0.5, 0.6) is 0 Å². The van der Waals surface area contributed by atoms with Crippen LogP contribution in [0.4, 0.5) is 0 Å². The van der Waals surface area contributed by atoms with E-state index in [1.165, 1.54) is 5.56 Å². The van der Waals surface area contributed by atoms with Gasteiger partial charge >= 0.3 is 11.9 Å². The highest BCUT2D eigenvalue weighted by Gasteiger charge is 2.18. The number of fused-ring (bicyclic) bond motifs is 1.